The van der Waals surface area contributed by atoms with Crippen molar-refractivity contribution in [3.05, 3.63) is 53.3 Å². The maximum absolute atomic E-state index is 12.2. The van der Waals surface area contributed by atoms with Crippen molar-refractivity contribution in [1.82, 2.24) is 15.3 Å². The molecule has 0 bridgehead atoms. The second-order valence-electron chi connectivity index (χ2n) is 5.50. The van der Waals surface area contributed by atoms with E-state index in [4.69, 9.17) is 4.74 Å². The molecular weight excluding hydrogens is 292 g/mol. The molecule has 23 heavy (non-hydrogen) atoms. The highest BCUT2D eigenvalue weighted by molar-refractivity contribution is 5.94. The highest BCUT2D eigenvalue weighted by Gasteiger charge is 2.14. The second kappa shape index (κ2) is 7.19. The number of hydrogen-bond acceptors (Lipinski definition) is 5. The van der Waals surface area contributed by atoms with Gasteiger partial charge in [0.1, 0.15) is 0 Å². The molecule has 120 valence electrons. The minimum Gasteiger partial charge on any atom is -0.378 e. The van der Waals surface area contributed by atoms with Crippen molar-refractivity contribution in [2.75, 3.05) is 31.2 Å². The average Bonchev–Trinajstić information content (AvgIpc) is 2.61. The third-order valence-corrected chi connectivity index (χ3v) is 3.70. The molecule has 0 atom stereocenters. The first-order valence-corrected chi connectivity index (χ1v) is 7.72. The Labute approximate surface area is 135 Å². The molecule has 2 heterocycles. The smallest absolute Gasteiger partial charge is 0.251 e. The average molecular weight is 312 g/mol. The molecule has 0 saturated carbocycles. The van der Waals surface area contributed by atoms with Crippen LogP contribution in [0.4, 0.5) is 5.95 Å². The van der Waals surface area contributed by atoms with Crippen LogP contribution < -0.4 is 10.2 Å². The van der Waals surface area contributed by atoms with Gasteiger partial charge >= 0.3 is 0 Å². The number of carbonyl (C=O) groups excluding carboxylic acids is 1. The van der Waals surface area contributed by atoms with Crippen LogP contribution >= 0.6 is 0 Å². The van der Waals surface area contributed by atoms with E-state index in [1.54, 1.807) is 6.20 Å². The minimum absolute atomic E-state index is 0.0970. The Morgan fingerprint density at radius 1 is 1.30 bits per heavy atom. The molecule has 0 aliphatic carbocycles. The predicted molar refractivity (Wildman–Crippen MR) is 87.4 cm³/mol. The Morgan fingerprint density at radius 2 is 2.13 bits per heavy atom. The number of benzene rings is 1. The fraction of sp³-hybridized carbons (Fsp3) is 0.353. The van der Waals surface area contributed by atoms with E-state index in [0.717, 1.165) is 24.3 Å². The van der Waals surface area contributed by atoms with Crippen molar-refractivity contribution in [1.29, 1.82) is 0 Å². The van der Waals surface area contributed by atoms with Crippen molar-refractivity contribution < 1.29 is 9.53 Å². The van der Waals surface area contributed by atoms with Crippen LogP contribution in [0.3, 0.4) is 0 Å². The summed E-state index contributed by atoms with van der Waals surface area (Å²) in [6.45, 7) is 5.32. The van der Waals surface area contributed by atoms with Crippen LogP contribution in [0.5, 0.6) is 0 Å². The number of nitrogens with zero attached hydrogens (tertiary/aromatic N) is 3. The van der Waals surface area contributed by atoms with Crippen LogP contribution in [0.25, 0.3) is 0 Å². The lowest BCUT2D eigenvalue weighted by Crippen LogP contribution is -2.37. The Bertz CT molecular complexity index is 684. The van der Waals surface area contributed by atoms with Crippen LogP contribution in [-0.2, 0) is 11.3 Å². The van der Waals surface area contributed by atoms with Crippen LogP contribution in [0.2, 0.25) is 0 Å². The molecule has 1 amide bonds. The minimum atomic E-state index is -0.0970. The van der Waals surface area contributed by atoms with E-state index in [-0.39, 0.29) is 5.91 Å². The molecule has 0 spiro atoms. The molecular formula is C17H20N4O2. The summed E-state index contributed by atoms with van der Waals surface area (Å²) in [5, 5.41) is 2.90. The van der Waals surface area contributed by atoms with Gasteiger partial charge < -0.3 is 15.0 Å². The van der Waals surface area contributed by atoms with Gasteiger partial charge in [-0.25, -0.2) is 9.97 Å². The molecule has 6 heteroatoms. The van der Waals surface area contributed by atoms with E-state index in [2.05, 4.69) is 20.2 Å². The number of ether oxygens (including phenoxy) is 1. The van der Waals surface area contributed by atoms with Crippen molar-refractivity contribution in [3.63, 3.8) is 0 Å². The zero-order chi connectivity index (χ0) is 16.1. The van der Waals surface area contributed by atoms with Crippen molar-refractivity contribution in [3.8, 4) is 0 Å². The number of nitrogens with one attached hydrogen (secondary N) is 1. The molecule has 6 nitrogen and oxygen atoms in total. The van der Waals surface area contributed by atoms with E-state index in [1.165, 1.54) is 0 Å². The fourth-order valence-corrected chi connectivity index (χ4v) is 2.46. The summed E-state index contributed by atoms with van der Waals surface area (Å²) in [4.78, 5) is 23.1. The Kier molecular flexibility index (Phi) is 4.83. The number of carbonyl (C=O) groups is 1. The highest BCUT2D eigenvalue weighted by atomic mass is 16.5. The number of morpholine rings is 1. The van der Waals surface area contributed by atoms with Gasteiger partial charge in [-0.05, 0) is 25.1 Å². The highest BCUT2D eigenvalue weighted by Crippen LogP contribution is 2.10. The summed E-state index contributed by atoms with van der Waals surface area (Å²) < 4.78 is 5.33. The summed E-state index contributed by atoms with van der Waals surface area (Å²) in [5.74, 6) is 0.593. The number of aryl methyl sites for hydroxylation is 1. The lowest BCUT2D eigenvalue weighted by molar-refractivity contribution is 0.0950. The maximum Gasteiger partial charge on any atom is 0.251 e. The zero-order valence-corrected chi connectivity index (χ0v) is 13.2. The van der Waals surface area contributed by atoms with Crippen molar-refractivity contribution in [2.24, 2.45) is 0 Å². The lowest BCUT2D eigenvalue weighted by Gasteiger charge is -2.26. The third kappa shape index (κ3) is 4.04. The Morgan fingerprint density at radius 3 is 2.91 bits per heavy atom. The van der Waals surface area contributed by atoms with E-state index < -0.39 is 0 Å². The molecule has 3 rings (SSSR count). The standard InChI is InChI=1S/C17H20N4O2/c1-13-3-2-4-14(11-13)16(22)19-12-15-5-6-18-17(20-15)21-7-9-23-10-8-21/h2-6,11H,7-10,12H2,1H3,(H,19,22). The van der Waals surface area contributed by atoms with Crippen LogP contribution in [0.15, 0.2) is 36.5 Å². The maximum atomic E-state index is 12.2. The van der Waals surface area contributed by atoms with E-state index in [1.807, 2.05) is 37.3 Å². The number of anilines is 1. The molecule has 2 aromatic rings. The first-order chi connectivity index (χ1) is 11.2. The topological polar surface area (TPSA) is 67.4 Å². The molecule has 0 radical (unpaired) electrons. The summed E-state index contributed by atoms with van der Waals surface area (Å²) in [7, 11) is 0. The van der Waals surface area contributed by atoms with Gasteiger partial charge in [-0.2, -0.15) is 0 Å². The van der Waals surface area contributed by atoms with Gasteiger partial charge in [0.15, 0.2) is 0 Å². The molecule has 1 fully saturated rings. The van der Waals surface area contributed by atoms with Gasteiger partial charge in [-0.15, -0.1) is 0 Å². The number of rotatable bonds is 4. The zero-order valence-electron chi connectivity index (χ0n) is 13.2. The van der Waals surface area contributed by atoms with Gasteiger partial charge in [-0.1, -0.05) is 17.7 Å². The van der Waals surface area contributed by atoms with Gasteiger partial charge in [-0.3, -0.25) is 4.79 Å². The van der Waals surface area contributed by atoms with Gasteiger partial charge in [0.25, 0.3) is 5.91 Å². The predicted octanol–water partition coefficient (Wildman–Crippen LogP) is 1.55. The summed E-state index contributed by atoms with van der Waals surface area (Å²) in [5.41, 5.74) is 2.52. The number of amides is 1. The van der Waals surface area contributed by atoms with Gasteiger partial charge in [0, 0.05) is 24.8 Å². The summed E-state index contributed by atoms with van der Waals surface area (Å²) in [6, 6.07) is 9.34. The molecule has 1 aromatic carbocycles. The van der Waals surface area contributed by atoms with Gasteiger partial charge in [0.2, 0.25) is 5.95 Å². The second-order valence-corrected chi connectivity index (χ2v) is 5.50. The van der Waals surface area contributed by atoms with E-state index in [0.29, 0.717) is 31.3 Å². The summed E-state index contributed by atoms with van der Waals surface area (Å²) in [6.07, 6.45) is 1.73. The number of hydrogen-bond donors (Lipinski definition) is 1. The van der Waals surface area contributed by atoms with E-state index in [9.17, 15) is 4.79 Å². The van der Waals surface area contributed by atoms with Crippen LogP contribution in [0.1, 0.15) is 21.6 Å². The van der Waals surface area contributed by atoms with Gasteiger partial charge in [0.05, 0.1) is 25.5 Å². The molecule has 0 unspecified atom stereocenters. The van der Waals surface area contributed by atoms with Crippen molar-refractivity contribution >= 4 is 11.9 Å². The Hall–Kier alpha value is -2.47. The molecule has 1 aliphatic heterocycles. The molecule has 1 N–H and O–H groups in total. The van der Waals surface area contributed by atoms with Crippen molar-refractivity contribution in [2.45, 2.75) is 13.5 Å². The van der Waals surface area contributed by atoms with Crippen LogP contribution in [-0.4, -0.2) is 42.2 Å². The largest absolute Gasteiger partial charge is 0.378 e. The molecule has 1 saturated heterocycles. The number of aromatic nitrogens is 2. The SMILES string of the molecule is Cc1cccc(C(=O)NCc2ccnc(N3CCOCC3)n2)c1. The monoisotopic (exact) mass is 312 g/mol. The molecule has 1 aliphatic rings. The normalized spacial score (nSPS) is 14.6. The lowest BCUT2D eigenvalue weighted by atomic mass is 10.1. The quantitative estimate of drug-likeness (QED) is 0.928. The van der Waals surface area contributed by atoms with E-state index >= 15 is 0 Å². The first-order valence-electron chi connectivity index (χ1n) is 7.72. The van der Waals surface area contributed by atoms with Crippen LogP contribution in [0, 0.1) is 6.92 Å². The first kappa shape index (κ1) is 15.4. The fourth-order valence-electron chi connectivity index (χ4n) is 2.46. The Balaban J connectivity index is 1.63. The molecule has 1 aromatic heterocycles. The summed E-state index contributed by atoms with van der Waals surface area (Å²) >= 11 is 0. The third-order valence-electron chi connectivity index (χ3n) is 3.70.